The molecule has 3 N–H and O–H groups in total. The second-order valence-electron chi connectivity index (χ2n) is 7.80. The van der Waals surface area contributed by atoms with Crippen LogP contribution in [0.25, 0.3) is 10.8 Å². The molecule has 4 nitrogen and oxygen atoms in total. The molecule has 0 amide bonds. The predicted molar refractivity (Wildman–Crippen MR) is 114 cm³/mol. The van der Waals surface area contributed by atoms with Gasteiger partial charge in [-0.2, -0.15) is 0 Å². The molecule has 0 saturated heterocycles. The summed E-state index contributed by atoms with van der Waals surface area (Å²) in [6, 6.07) is 16.0. The van der Waals surface area contributed by atoms with Crippen molar-refractivity contribution in [2.24, 2.45) is 5.73 Å². The molecule has 2 aromatic carbocycles. The van der Waals surface area contributed by atoms with Gasteiger partial charge in [0.15, 0.2) is 0 Å². The lowest BCUT2D eigenvalue weighted by Gasteiger charge is -2.43. The summed E-state index contributed by atoms with van der Waals surface area (Å²) in [6.07, 6.45) is 5.52. The van der Waals surface area contributed by atoms with E-state index in [1.54, 1.807) is 12.3 Å². The number of halogens is 1. The van der Waals surface area contributed by atoms with E-state index in [-0.39, 0.29) is 23.1 Å². The molecule has 1 heterocycles. The van der Waals surface area contributed by atoms with Crippen LogP contribution in [0.5, 0.6) is 5.75 Å². The van der Waals surface area contributed by atoms with Crippen LogP contribution in [0.15, 0.2) is 59.5 Å². The van der Waals surface area contributed by atoms with Gasteiger partial charge in [-0.05, 0) is 61.8 Å². The van der Waals surface area contributed by atoms with Crippen molar-refractivity contribution in [2.75, 3.05) is 0 Å². The van der Waals surface area contributed by atoms with Crippen molar-refractivity contribution >= 4 is 22.4 Å². The molecule has 1 atom stereocenters. The molecule has 1 saturated carbocycles. The van der Waals surface area contributed by atoms with Gasteiger partial charge >= 0.3 is 0 Å². The molecule has 0 unspecified atom stereocenters. The Labute approximate surface area is 169 Å². The van der Waals surface area contributed by atoms with Crippen molar-refractivity contribution in [3.63, 3.8) is 0 Å². The van der Waals surface area contributed by atoms with Crippen LogP contribution >= 0.6 is 11.6 Å². The van der Waals surface area contributed by atoms with Crippen molar-refractivity contribution in [1.82, 2.24) is 4.98 Å². The highest BCUT2D eigenvalue weighted by molar-refractivity contribution is 6.32. The smallest absolute Gasteiger partial charge is 0.255 e. The van der Waals surface area contributed by atoms with E-state index in [0.717, 1.165) is 31.1 Å². The van der Waals surface area contributed by atoms with Crippen LogP contribution in [-0.4, -0.2) is 17.1 Å². The van der Waals surface area contributed by atoms with Crippen LogP contribution < -0.4 is 16.0 Å². The maximum atomic E-state index is 11.9. The summed E-state index contributed by atoms with van der Waals surface area (Å²) in [6.45, 7) is 2.10. The van der Waals surface area contributed by atoms with Gasteiger partial charge in [-0.25, -0.2) is 0 Å². The minimum absolute atomic E-state index is 0.0123. The second-order valence-corrected chi connectivity index (χ2v) is 8.21. The fourth-order valence-corrected chi connectivity index (χ4v) is 4.67. The van der Waals surface area contributed by atoms with Crippen molar-refractivity contribution in [3.05, 3.63) is 75.7 Å². The summed E-state index contributed by atoms with van der Waals surface area (Å²) in [5.41, 5.74) is 7.59. The molecule has 146 valence electrons. The van der Waals surface area contributed by atoms with Gasteiger partial charge in [-0.3, -0.25) is 4.79 Å². The number of H-pyrrole nitrogens is 1. The van der Waals surface area contributed by atoms with Gasteiger partial charge in [0, 0.05) is 23.0 Å². The van der Waals surface area contributed by atoms with Crippen molar-refractivity contribution in [2.45, 2.75) is 50.2 Å². The number of benzene rings is 2. The standard InChI is InChI=1S/C23H25ClN2O2/c1-15(25)23(17-5-3-2-4-6-17)10-7-18(8-11-23)28-21-13-16-9-12-26-22(27)19(16)14-20(21)24/h2-6,9,12-15,18H,7-8,10-11,25H2,1H3,(H,26,27)/t15-,18-,23+/m0/s1. The number of rotatable bonds is 4. The molecule has 0 radical (unpaired) electrons. The first-order valence-electron chi connectivity index (χ1n) is 9.78. The highest BCUT2D eigenvalue weighted by Crippen LogP contribution is 2.43. The monoisotopic (exact) mass is 396 g/mol. The number of nitrogens with two attached hydrogens (primary N) is 1. The van der Waals surface area contributed by atoms with Crippen LogP contribution in [0.2, 0.25) is 5.02 Å². The Balaban J connectivity index is 1.54. The number of hydrogen-bond donors (Lipinski definition) is 2. The molecule has 0 aliphatic heterocycles. The number of fused-ring (bicyclic) bond motifs is 1. The quantitative estimate of drug-likeness (QED) is 0.666. The van der Waals surface area contributed by atoms with Crippen LogP contribution in [0.3, 0.4) is 0 Å². The molecule has 1 fully saturated rings. The number of pyridine rings is 1. The third-order valence-electron chi connectivity index (χ3n) is 6.16. The molecular formula is C23H25ClN2O2. The lowest BCUT2D eigenvalue weighted by Crippen LogP contribution is -2.47. The molecule has 0 spiro atoms. The summed E-state index contributed by atoms with van der Waals surface area (Å²) < 4.78 is 6.26. The van der Waals surface area contributed by atoms with E-state index >= 15 is 0 Å². The van der Waals surface area contributed by atoms with Gasteiger partial charge in [-0.1, -0.05) is 41.9 Å². The molecule has 28 heavy (non-hydrogen) atoms. The van der Waals surface area contributed by atoms with Crippen LogP contribution in [0.4, 0.5) is 0 Å². The predicted octanol–water partition coefficient (Wildman–Crippen LogP) is 4.79. The van der Waals surface area contributed by atoms with E-state index in [4.69, 9.17) is 22.1 Å². The summed E-state index contributed by atoms with van der Waals surface area (Å²) >= 11 is 6.40. The lowest BCUT2D eigenvalue weighted by molar-refractivity contribution is 0.107. The van der Waals surface area contributed by atoms with Gasteiger partial charge in [0.2, 0.25) is 0 Å². The van der Waals surface area contributed by atoms with Crippen LogP contribution in [0.1, 0.15) is 38.2 Å². The first-order chi connectivity index (χ1) is 13.5. The SMILES string of the molecule is C[C@H](N)[C@]1(c2ccccc2)CC[C@@H](Oc2cc3cc[nH]c(=O)c3cc2Cl)CC1. The number of nitrogens with one attached hydrogen (secondary N) is 1. The normalized spacial score (nSPS) is 23.5. The molecular weight excluding hydrogens is 372 g/mol. The molecule has 5 heteroatoms. The zero-order chi connectivity index (χ0) is 19.7. The summed E-state index contributed by atoms with van der Waals surface area (Å²) in [7, 11) is 0. The second kappa shape index (κ2) is 7.61. The number of ether oxygens (including phenoxy) is 1. The Morgan fingerprint density at radius 2 is 1.89 bits per heavy atom. The third-order valence-corrected chi connectivity index (χ3v) is 6.46. The minimum atomic E-state index is -0.145. The first-order valence-corrected chi connectivity index (χ1v) is 10.2. The van der Waals surface area contributed by atoms with Crippen LogP contribution in [-0.2, 0) is 5.41 Å². The van der Waals surface area contributed by atoms with Crippen LogP contribution in [0, 0.1) is 0 Å². The van der Waals surface area contributed by atoms with Gasteiger partial charge in [-0.15, -0.1) is 0 Å². The average Bonchev–Trinajstić information content (AvgIpc) is 2.70. The van der Waals surface area contributed by atoms with E-state index < -0.39 is 0 Å². The Bertz CT molecular complexity index is 1020. The number of aromatic amines is 1. The van der Waals surface area contributed by atoms with E-state index in [1.807, 2.05) is 18.2 Å². The highest BCUT2D eigenvalue weighted by Gasteiger charge is 2.40. The summed E-state index contributed by atoms with van der Waals surface area (Å²) in [5.74, 6) is 0.637. The Kier molecular flexibility index (Phi) is 5.17. The topological polar surface area (TPSA) is 68.1 Å². The maximum Gasteiger partial charge on any atom is 0.255 e. The first kappa shape index (κ1) is 19.0. The van der Waals surface area contributed by atoms with Gasteiger partial charge in [0.1, 0.15) is 5.75 Å². The summed E-state index contributed by atoms with van der Waals surface area (Å²) in [5, 5.41) is 1.87. The number of aromatic nitrogens is 1. The van der Waals surface area contributed by atoms with Gasteiger partial charge in [0.25, 0.3) is 5.56 Å². The van der Waals surface area contributed by atoms with Crippen molar-refractivity contribution in [3.8, 4) is 5.75 Å². The van der Waals surface area contributed by atoms with E-state index in [9.17, 15) is 4.79 Å². The van der Waals surface area contributed by atoms with E-state index in [0.29, 0.717) is 16.2 Å². The average molecular weight is 397 g/mol. The molecule has 1 aromatic heterocycles. The minimum Gasteiger partial charge on any atom is -0.489 e. The molecule has 1 aliphatic carbocycles. The molecule has 1 aliphatic rings. The van der Waals surface area contributed by atoms with Gasteiger partial charge < -0.3 is 15.5 Å². The third kappa shape index (κ3) is 3.43. The molecule has 0 bridgehead atoms. The summed E-state index contributed by atoms with van der Waals surface area (Å²) in [4.78, 5) is 14.6. The lowest BCUT2D eigenvalue weighted by atomic mass is 9.65. The maximum absolute atomic E-state index is 11.9. The van der Waals surface area contributed by atoms with Crippen molar-refractivity contribution < 1.29 is 4.74 Å². The zero-order valence-electron chi connectivity index (χ0n) is 16.0. The van der Waals surface area contributed by atoms with Gasteiger partial charge in [0.05, 0.1) is 11.1 Å². The molecule has 4 rings (SSSR count). The Morgan fingerprint density at radius 3 is 2.57 bits per heavy atom. The van der Waals surface area contributed by atoms with E-state index in [2.05, 4.69) is 36.2 Å². The highest BCUT2D eigenvalue weighted by atomic mass is 35.5. The fraction of sp³-hybridized carbons (Fsp3) is 0.348. The Morgan fingerprint density at radius 1 is 1.18 bits per heavy atom. The number of hydrogen-bond acceptors (Lipinski definition) is 3. The largest absolute Gasteiger partial charge is 0.489 e. The van der Waals surface area contributed by atoms with Crippen molar-refractivity contribution in [1.29, 1.82) is 0 Å². The fourth-order valence-electron chi connectivity index (χ4n) is 4.46. The molecule has 3 aromatic rings. The zero-order valence-corrected chi connectivity index (χ0v) is 16.7. The Hall–Kier alpha value is -2.30. The van der Waals surface area contributed by atoms with E-state index in [1.165, 1.54) is 5.56 Å².